The molecule has 0 spiro atoms. The molecule has 0 aromatic heterocycles. The topological polar surface area (TPSA) is 35.5 Å². The second kappa shape index (κ2) is 9.87. The van der Waals surface area contributed by atoms with Crippen molar-refractivity contribution in [2.45, 2.75) is 39.7 Å². The third-order valence-corrected chi connectivity index (χ3v) is 3.88. The predicted molar refractivity (Wildman–Crippen MR) is 86.0 cm³/mol. The highest BCUT2D eigenvalue weighted by molar-refractivity contribution is 5.25. The molecule has 1 atom stereocenters. The molecule has 0 aliphatic carbocycles. The van der Waals surface area contributed by atoms with E-state index in [9.17, 15) is 9.50 Å². The van der Waals surface area contributed by atoms with Crippen molar-refractivity contribution in [3.63, 3.8) is 0 Å². The molecule has 1 rings (SSSR count). The van der Waals surface area contributed by atoms with Gasteiger partial charge in [-0.2, -0.15) is 0 Å². The molecular formula is C17H29FN2O. The number of aliphatic hydroxyl groups is 1. The average molecular weight is 296 g/mol. The van der Waals surface area contributed by atoms with Crippen LogP contribution in [0.1, 0.15) is 43.9 Å². The lowest BCUT2D eigenvalue weighted by Gasteiger charge is -2.18. The maximum absolute atomic E-state index is 13.2. The smallest absolute Gasteiger partial charge is 0.126 e. The van der Waals surface area contributed by atoms with Crippen molar-refractivity contribution in [2.75, 3.05) is 32.7 Å². The number of aliphatic hydroxyl groups excluding tert-OH is 1. The Balaban J connectivity index is 2.18. The number of nitrogens with one attached hydrogen (secondary N) is 1. The second-order valence-corrected chi connectivity index (χ2v) is 5.44. The summed E-state index contributed by atoms with van der Waals surface area (Å²) in [7, 11) is 0. The number of halogens is 1. The molecule has 4 heteroatoms. The quantitative estimate of drug-likeness (QED) is 0.652. The Labute approximate surface area is 128 Å². The van der Waals surface area contributed by atoms with Gasteiger partial charge in [0.2, 0.25) is 0 Å². The van der Waals surface area contributed by atoms with Gasteiger partial charge in [0.25, 0.3) is 0 Å². The van der Waals surface area contributed by atoms with Crippen LogP contribution in [-0.2, 0) is 0 Å². The number of nitrogens with zero attached hydrogens (tertiary/aromatic N) is 1. The second-order valence-electron chi connectivity index (χ2n) is 5.44. The SMILES string of the molecule is CCN(CC)CCCNCCC(O)c1ccc(F)c(C)c1. The van der Waals surface area contributed by atoms with Crippen LogP contribution in [0.2, 0.25) is 0 Å². The van der Waals surface area contributed by atoms with Crippen molar-refractivity contribution in [3.8, 4) is 0 Å². The van der Waals surface area contributed by atoms with E-state index in [0.29, 0.717) is 12.0 Å². The van der Waals surface area contributed by atoms with Crippen molar-refractivity contribution < 1.29 is 9.50 Å². The van der Waals surface area contributed by atoms with E-state index >= 15 is 0 Å². The summed E-state index contributed by atoms with van der Waals surface area (Å²) in [6.07, 6.45) is 1.24. The molecule has 0 bridgehead atoms. The molecule has 2 N–H and O–H groups in total. The Morgan fingerprint density at radius 3 is 2.57 bits per heavy atom. The normalized spacial score (nSPS) is 12.9. The summed E-state index contributed by atoms with van der Waals surface area (Å²) in [5.41, 5.74) is 1.37. The largest absolute Gasteiger partial charge is 0.388 e. The van der Waals surface area contributed by atoms with Crippen LogP contribution in [0.5, 0.6) is 0 Å². The van der Waals surface area contributed by atoms with Gasteiger partial charge < -0.3 is 15.3 Å². The molecule has 0 aliphatic rings. The van der Waals surface area contributed by atoms with Gasteiger partial charge in [-0.1, -0.05) is 26.0 Å². The van der Waals surface area contributed by atoms with Crippen molar-refractivity contribution in [2.24, 2.45) is 0 Å². The Bertz CT molecular complexity index is 408. The van der Waals surface area contributed by atoms with E-state index in [-0.39, 0.29) is 5.82 Å². The molecule has 0 aliphatic heterocycles. The van der Waals surface area contributed by atoms with Gasteiger partial charge in [-0.15, -0.1) is 0 Å². The van der Waals surface area contributed by atoms with Crippen LogP contribution in [0.15, 0.2) is 18.2 Å². The maximum Gasteiger partial charge on any atom is 0.126 e. The molecule has 0 heterocycles. The number of aryl methyl sites for hydroxylation is 1. The summed E-state index contributed by atoms with van der Waals surface area (Å²) in [5.74, 6) is -0.222. The van der Waals surface area contributed by atoms with Crippen molar-refractivity contribution in [1.82, 2.24) is 10.2 Å². The summed E-state index contributed by atoms with van der Waals surface area (Å²) >= 11 is 0. The molecule has 120 valence electrons. The van der Waals surface area contributed by atoms with Crippen LogP contribution in [-0.4, -0.2) is 42.7 Å². The van der Waals surface area contributed by atoms with Gasteiger partial charge in [0, 0.05) is 0 Å². The van der Waals surface area contributed by atoms with Crippen LogP contribution < -0.4 is 5.32 Å². The highest BCUT2D eigenvalue weighted by Gasteiger charge is 2.08. The van der Waals surface area contributed by atoms with E-state index < -0.39 is 6.10 Å². The molecule has 3 nitrogen and oxygen atoms in total. The monoisotopic (exact) mass is 296 g/mol. The lowest BCUT2D eigenvalue weighted by Crippen LogP contribution is -2.27. The Morgan fingerprint density at radius 2 is 1.95 bits per heavy atom. The molecule has 1 aromatic carbocycles. The first-order valence-corrected chi connectivity index (χ1v) is 7.95. The maximum atomic E-state index is 13.2. The van der Waals surface area contributed by atoms with Crippen LogP contribution >= 0.6 is 0 Å². The predicted octanol–water partition coefficient (Wildman–Crippen LogP) is 2.88. The van der Waals surface area contributed by atoms with Gasteiger partial charge in [0.05, 0.1) is 6.10 Å². The van der Waals surface area contributed by atoms with Crippen molar-refractivity contribution >= 4 is 0 Å². The molecule has 0 radical (unpaired) electrons. The number of benzene rings is 1. The summed E-state index contributed by atoms with van der Waals surface area (Å²) in [6.45, 7) is 11.1. The Hall–Kier alpha value is -0.970. The van der Waals surface area contributed by atoms with Gasteiger partial charge >= 0.3 is 0 Å². The van der Waals surface area contributed by atoms with E-state index in [0.717, 1.165) is 44.7 Å². The Kier molecular flexibility index (Phi) is 8.50. The summed E-state index contributed by atoms with van der Waals surface area (Å²) in [4.78, 5) is 2.40. The first kappa shape index (κ1) is 18.1. The zero-order valence-electron chi connectivity index (χ0n) is 13.5. The van der Waals surface area contributed by atoms with Gasteiger partial charge in [-0.25, -0.2) is 4.39 Å². The molecule has 0 amide bonds. The van der Waals surface area contributed by atoms with Crippen molar-refractivity contribution in [3.05, 3.63) is 35.1 Å². The van der Waals surface area contributed by atoms with Crippen LogP contribution in [0.25, 0.3) is 0 Å². The summed E-state index contributed by atoms with van der Waals surface area (Å²) in [6, 6.07) is 4.80. The molecular weight excluding hydrogens is 267 g/mol. The summed E-state index contributed by atoms with van der Waals surface area (Å²) < 4.78 is 13.2. The third kappa shape index (κ3) is 6.55. The molecule has 1 unspecified atom stereocenters. The fourth-order valence-corrected chi connectivity index (χ4v) is 2.37. The molecule has 0 saturated carbocycles. The van der Waals surface area contributed by atoms with Gasteiger partial charge in [-0.3, -0.25) is 0 Å². The molecule has 1 aromatic rings. The highest BCUT2D eigenvalue weighted by atomic mass is 19.1. The third-order valence-electron chi connectivity index (χ3n) is 3.88. The zero-order valence-corrected chi connectivity index (χ0v) is 13.5. The lowest BCUT2D eigenvalue weighted by atomic mass is 10.0. The fraction of sp³-hybridized carbons (Fsp3) is 0.647. The van der Waals surface area contributed by atoms with E-state index in [1.54, 1.807) is 19.1 Å². The minimum atomic E-state index is -0.528. The van der Waals surface area contributed by atoms with Gasteiger partial charge in [0.1, 0.15) is 5.82 Å². The number of hydrogen-bond acceptors (Lipinski definition) is 3. The van der Waals surface area contributed by atoms with Crippen molar-refractivity contribution in [1.29, 1.82) is 0 Å². The lowest BCUT2D eigenvalue weighted by molar-refractivity contribution is 0.166. The van der Waals surface area contributed by atoms with Crippen LogP contribution in [0.4, 0.5) is 4.39 Å². The fourth-order valence-electron chi connectivity index (χ4n) is 2.37. The van der Waals surface area contributed by atoms with Gasteiger partial charge in [0.15, 0.2) is 0 Å². The van der Waals surface area contributed by atoms with Crippen LogP contribution in [0.3, 0.4) is 0 Å². The van der Waals surface area contributed by atoms with Crippen LogP contribution in [0, 0.1) is 12.7 Å². The standard InChI is InChI=1S/C17H29FN2O/c1-4-20(5-2)12-6-10-19-11-9-17(21)15-7-8-16(18)14(3)13-15/h7-8,13,17,19,21H,4-6,9-12H2,1-3H3. The minimum absolute atomic E-state index is 0.222. The number of rotatable bonds is 10. The minimum Gasteiger partial charge on any atom is -0.388 e. The van der Waals surface area contributed by atoms with E-state index in [1.807, 2.05) is 0 Å². The van der Waals surface area contributed by atoms with Gasteiger partial charge in [-0.05, 0) is 69.7 Å². The van der Waals surface area contributed by atoms with E-state index in [2.05, 4.69) is 24.1 Å². The Morgan fingerprint density at radius 1 is 1.24 bits per heavy atom. The molecule has 21 heavy (non-hydrogen) atoms. The first-order valence-electron chi connectivity index (χ1n) is 7.95. The molecule has 0 saturated heterocycles. The average Bonchev–Trinajstić information content (AvgIpc) is 2.49. The summed E-state index contributed by atoms with van der Waals surface area (Å²) in [5, 5.41) is 13.4. The molecule has 0 fully saturated rings. The van der Waals surface area contributed by atoms with E-state index in [1.165, 1.54) is 6.07 Å². The number of hydrogen-bond donors (Lipinski definition) is 2. The highest BCUT2D eigenvalue weighted by Crippen LogP contribution is 2.18. The first-order chi connectivity index (χ1) is 10.1. The zero-order chi connectivity index (χ0) is 15.7. The van der Waals surface area contributed by atoms with E-state index in [4.69, 9.17) is 0 Å².